The molecule has 21 heavy (non-hydrogen) atoms. The Morgan fingerprint density at radius 3 is 2.71 bits per heavy atom. The van der Waals surface area contributed by atoms with Gasteiger partial charge in [0.1, 0.15) is 5.82 Å². The molecule has 1 aliphatic rings. The minimum atomic E-state index is 0.552. The SMILES string of the molecule is CCCc1nc2c(n1C(CC(C)C)CN(C)C)CCNC2. The molecule has 1 aliphatic heterocycles. The van der Waals surface area contributed by atoms with Crippen molar-refractivity contribution in [3.63, 3.8) is 0 Å². The normalized spacial score (nSPS) is 16.5. The van der Waals surface area contributed by atoms with Gasteiger partial charge in [-0.3, -0.25) is 0 Å². The average molecular weight is 292 g/mol. The van der Waals surface area contributed by atoms with Crippen molar-refractivity contribution in [2.75, 3.05) is 27.2 Å². The van der Waals surface area contributed by atoms with Crippen LogP contribution in [-0.2, 0) is 19.4 Å². The molecule has 2 heterocycles. The summed E-state index contributed by atoms with van der Waals surface area (Å²) in [6.07, 6.45) is 4.61. The van der Waals surface area contributed by atoms with Crippen molar-refractivity contribution in [3.05, 3.63) is 17.2 Å². The molecule has 2 rings (SSSR count). The molecule has 4 heteroatoms. The van der Waals surface area contributed by atoms with Gasteiger partial charge in [-0.05, 0) is 32.9 Å². The van der Waals surface area contributed by atoms with E-state index >= 15 is 0 Å². The summed E-state index contributed by atoms with van der Waals surface area (Å²) in [4.78, 5) is 7.27. The first kappa shape index (κ1) is 16.5. The van der Waals surface area contributed by atoms with Crippen LogP contribution in [0.3, 0.4) is 0 Å². The lowest BCUT2D eigenvalue weighted by Gasteiger charge is -2.28. The van der Waals surface area contributed by atoms with Gasteiger partial charge in [0.2, 0.25) is 0 Å². The van der Waals surface area contributed by atoms with Crippen molar-refractivity contribution in [2.24, 2.45) is 5.92 Å². The Hall–Kier alpha value is -0.870. The Bertz CT molecular complexity index is 438. The van der Waals surface area contributed by atoms with Crippen molar-refractivity contribution in [3.8, 4) is 0 Å². The van der Waals surface area contributed by atoms with E-state index in [9.17, 15) is 0 Å². The van der Waals surface area contributed by atoms with Gasteiger partial charge < -0.3 is 14.8 Å². The third-order valence-corrected chi connectivity index (χ3v) is 4.16. The number of likely N-dealkylation sites (N-methyl/N-ethyl adjacent to an activating group) is 1. The fourth-order valence-corrected chi connectivity index (χ4v) is 3.45. The number of imidazole rings is 1. The first-order valence-electron chi connectivity index (χ1n) is 8.47. The monoisotopic (exact) mass is 292 g/mol. The van der Waals surface area contributed by atoms with Gasteiger partial charge in [0.25, 0.3) is 0 Å². The summed E-state index contributed by atoms with van der Waals surface area (Å²) in [5.41, 5.74) is 2.78. The Labute approximate surface area is 129 Å². The van der Waals surface area contributed by atoms with Gasteiger partial charge in [-0.2, -0.15) is 0 Å². The second kappa shape index (κ2) is 7.41. The maximum atomic E-state index is 4.96. The highest BCUT2D eigenvalue weighted by molar-refractivity contribution is 5.21. The molecule has 1 unspecified atom stereocenters. The molecule has 0 saturated heterocycles. The van der Waals surface area contributed by atoms with E-state index in [0.29, 0.717) is 12.0 Å². The molecule has 120 valence electrons. The highest BCUT2D eigenvalue weighted by Gasteiger charge is 2.25. The predicted octanol–water partition coefficient (Wildman–Crippen LogP) is 2.63. The van der Waals surface area contributed by atoms with Gasteiger partial charge in [-0.15, -0.1) is 0 Å². The Morgan fingerprint density at radius 2 is 2.10 bits per heavy atom. The number of fused-ring (bicyclic) bond motifs is 1. The van der Waals surface area contributed by atoms with E-state index in [1.807, 2.05) is 0 Å². The molecule has 0 amide bonds. The van der Waals surface area contributed by atoms with E-state index in [-0.39, 0.29) is 0 Å². The summed E-state index contributed by atoms with van der Waals surface area (Å²) >= 11 is 0. The first-order chi connectivity index (χ1) is 10.0. The fourth-order valence-electron chi connectivity index (χ4n) is 3.45. The van der Waals surface area contributed by atoms with Crippen LogP contribution in [0.15, 0.2) is 0 Å². The van der Waals surface area contributed by atoms with E-state index in [1.165, 1.54) is 30.1 Å². The smallest absolute Gasteiger partial charge is 0.109 e. The summed E-state index contributed by atoms with van der Waals surface area (Å²) in [5, 5.41) is 3.46. The van der Waals surface area contributed by atoms with Crippen LogP contribution >= 0.6 is 0 Å². The second-order valence-corrected chi connectivity index (χ2v) is 7.01. The molecule has 0 aliphatic carbocycles. The van der Waals surface area contributed by atoms with Crippen molar-refractivity contribution >= 4 is 0 Å². The molecule has 1 atom stereocenters. The number of aromatic nitrogens is 2. The van der Waals surface area contributed by atoms with E-state index < -0.39 is 0 Å². The third-order valence-electron chi connectivity index (χ3n) is 4.16. The lowest BCUT2D eigenvalue weighted by atomic mass is 10.0. The zero-order valence-electron chi connectivity index (χ0n) is 14.4. The number of hydrogen-bond acceptors (Lipinski definition) is 3. The van der Waals surface area contributed by atoms with Crippen LogP contribution in [0, 0.1) is 5.92 Å². The maximum absolute atomic E-state index is 4.96. The molecular formula is C17H32N4. The van der Waals surface area contributed by atoms with Crippen LogP contribution in [0.2, 0.25) is 0 Å². The highest BCUT2D eigenvalue weighted by atomic mass is 15.2. The van der Waals surface area contributed by atoms with Gasteiger partial charge in [0, 0.05) is 44.2 Å². The van der Waals surface area contributed by atoms with E-state index in [4.69, 9.17) is 4.98 Å². The highest BCUT2D eigenvalue weighted by Crippen LogP contribution is 2.27. The summed E-state index contributed by atoms with van der Waals surface area (Å²) < 4.78 is 2.60. The molecule has 0 aromatic carbocycles. The molecule has 0 saturated carbocycles. The van der Waals surface area contributed by atoms with Gasteiger partial charge in [-0.1, -0.05) is 20.8 Å². The molecule has 0 bridgehead atoms. The first-order valence-corrected chi connectivity index (χ1v) is 8.47. The van der Waals surface area contributed by atoms with Crippen LogP contribution < -0.4 is 5.32 Å². The lowest BCUT2D eigenvalue weighted by molar-refractivity contribution is 0.279. The maximum Gasteiger partial charge on any atom is 0.109 e. The number of rotatable bonds is 7. The summed E-state index contributed by atoms with van der Waals surface area (Å²) in [6.45, 7) is 10.0. The lowest BCUT2D eigenvalue weighted by Crippen LogP contribution is -2.30. The summed E-state index contributed by atoms with van der Waals surface area (Å²) in [5.74, 6) is 2.02. The van der Waals surface area contributed by atoms with Crippen molar-refractivity contribution in [1.29, 1.82) is 0 Å². The topological polar surface area (TPSA) is 33.1 Å². The van der Waals surface area contributed by atoms with Crippen LogP contribution in [0.4, 0.5) is 0 Å². The minimum absolute atomic E-state index is 0.552. The Balaban J connectivity index is 2.38. The molecule has 4 nitrogen and oxygen atoms in total. The van der Waals surface area contributed by atoms with Gasteiger partial charge in [-0.25, -0.2) is 4.98 Å². The van der Waals surface area contributed by atoms with Gasteiger partial charge in [0.15, 0.2) is 0 Å². The van der Waals surface area contributed by atoms with Gasteiger partial charge in [0.05, 0.1) is 5.69 Å². The molecule has 1 N–H and O–H groups in total. The zero-order valence-corrected chi connectivity index (χ0v) is 14.4. The van der Waals surface area contributed by atoms with Crippen molar-refractivity contribution in [2.45, 2.75) is 59.0 Å². The van der Waals surface area contributed by atoms with Crippen molar-refractivity contribution in [1.82, 2.24) is 19.8 Å². The zero-order chi connectivity index (χ0) is 15.4. The Kier molecular flexibility index (Phi) is 5.82. The summed E-state index contributed by atoms with van der Waals surface area (Å²) in [6, 6.07) is 0.552. The van der Waals surface area contributed by atoms with Crippen LogP contribution in [0.5, 0.6) is 0 Å². The second-order valence-electron chi connectivity index (χ2n) is 7.01. The number of aryl methyl sites for hydroxylation is 1. The minimum Gasteiger partial charge on any atom is -0.327 e. The number of nitrogens with one attached hydrogen (secondary N) is 1. The molecule has 1 aromatic rings. The molecule has 0 radical (unpaired) electrons. The van der Waals surface area contributed by atoms with Crippen LogP contribution in [-0.4, -0.2) is 41.6 Å². The molecule has 0 fully saturated rings. The number of hydrogen-bond donors (Lipinski definition) is 1. The van der Waals surface area contributed by atoms with Crippen LogP contribution in [0.25, 0.3) is 0 Å². The van der Waals surface area contributed by atoms with E-state index in [2.05, 4.69) is 49.7 Å². The fraction of sp³-hybridized carbons (Fsp3) is 0.824. The molecule has 0 spiro atoms. The van der Waals surface area contributed by atoms with Crippen molar-refractivity contribution < 1.29 is 0 Å². The quantitative estimate of drug-likeness (QED) is 0.838. The summed E-state index contributed by atoms with van der Waals surface area (Å²) in [7, 11) is 4.36. The Morgan fingerprint density at radius 1 is 1.33 bits per heavy atom. The van der Waals surface area contributed by atoms with E-state index in [0.717, 1.165) is 32.5 Å². The largest absolute Gasteiger partial charge is 0.327 e. The average Bonchev–Trinajstić information content (AvgIpc) is 2.75. The third kappa shape index (κ3) is 4.07. The molecule has 1 aromatic heterocycles. The van der Waals surface area contributed by atoms with E-state index in [1.54, 1.807) is 0 Å². The standard InChI is InChI=1S/C17H32N4/c1-6-7-17-19-15-11-18-9-8-16(15)21(17)14(10-13(2)3)12-20(4)5/h13-14,18H,6-12H2,1-5H3. The van der Waals surface area contributed by atoms with Gasteiger partial charge >= 0.3 is 0 Å². The molecular weight excluding hydrogens is 260 g/mol. The predicted molar refractivity (Wildman–Crippen MR) is 88.7 cm³/mol. The number of nitrogens with zero attached hydrogens (tertiary/aromatic N) is 3. The van der Waals surface area contributed by atoms with Crippen LogP contribution in [0.1, 0.15) is 56.9 Å².